The maximum absolute atomic E-state index is 11.8. The number of nitrogens with one attached hydrogen (secondary N) is 2. The summed E-state index contributed by atoms with van der Waals surface area (Å²) in [5.74, 6) is -1.69. The largest absolute Gasteiger partial charge is 0.480 e. The second-order valence-electron chi connectivity index (χ2n) is 4.18. The first-order chi connectivity index (χ1) is 9.76. The van der Waals surface area contributed by atoms with E-state index in [1.165, 1.54) is 31.3 Å². The molecule has 3 N–H and O–H groups in total. The normalized spacial score (nSPS) is 11.2. The van der Waals surface area contributed by atoms with Gasteiger partial charge in [0.1, 0.15) is 6.54 Å². The predicted molar refractivity (Wildman–Crippen MR) is 77.3 cm³/mol. The Morgan fingerprint density at radius 3 is 2.29 bits per heavy atom. The average molecular weight is 315 g/mol. The second kappa shape index (κ2) is 7.04. The van der Waals surface area contributed by atoms with E-state index in [1.54, 1.807) is 6.92 Å². The standard InChI is InChI=1S/C12H17N3O5S/c1-3-15(2)21(19,20)14-10-6-4-9(5-7-10)12(18)13-8-11(16)17/h4-7,14H,3,8H2,1-2H3,(H,13,18)(H,16,17). The van der Waals surface area contributed by atoms with Gasteiger partial charge >= 0.3 is 16.2 Å². The molecular weight excluding hydrogens is 298 g/mol. The van der Waals surface area contributed by atoms with Crippen LogP contribution in [-0.4, -0.2) is 49.8 Å². The van der Waals surface area contributed by atoms with Crippen LogP contribution in [0, 0.1) is 0 Å². The molecule has 1 aromatic carbocycles. The third-order valence-electron chi connectivity index (χ3n) is 2.65. The molecule has 116 valence electrons. The van der Waals surface area contributed by atoms with E-state index in [2.05, 4.69) is 10.0 Å². The van der Waals surface area contributed by atoms with Gasteiger partial charge in [-0.3, -0.25) is 14.3 Å². The summed E-state index contributed by atoms with van der Waals surface area (Å²) in [6, 6.07) is 5.66. The number of carbonyl (C=O) groups is 2. The Morgan fingerprint density at radius 1 is 1.24 bits per heavy atom. The van der Waals surface area contributed by atoms with Gasteiger partial charge in [0.25, 0.3) is 5.91 Å². The van der Waals surface area contributed by atoms with E-state index in [-0.39, 0.29) is 5.56 Å². The van der Waals surface area contributed by atoms with Crippen molar-refractivity contribution in [3.8, 4) is 0 Å². The number of carboxylic acid groups (broad SMARTS) is 1. The quantitative estimate of drug-likeness (QED) is 0.660. The highest BCUT2D eigenvalue weighted by Gasteiger charge is 2.15. The van der Waals surface area contributed by atoms with Crippen molar-refractivity contribution in [3.63, 3.8) is 0 Å². The van der Waals surface area contributed by atoms with Crippen LogP contribution in [0.2, 0.25) is 0 Å². The Labute approximate surface area is 122 Å². The predicted octanol–water partition coefficient (Wildman–Crippen LogP) is 0.109. The molecule has 0 heterocycles. The van der Waals surface area contributed by atoms with Crippen LogP contribution in [0.3, 0.4) is 0 Å². The number of aliphatic carboxylic acids is 1. The molecule has 0 aliphatic rings. The summed E-state index contributed by atoms with van der Waals surface area (Å²) in [6.45, 7) is 1.55. The van der Waals surface area contributed by atoms with Crippen molar-refractivity contribution in [1.82, 2.24) is 9.62 Å². The highest BCUT2D eigenvalue weighted by molar-refractivity contribution is 7.90. The Hall–Kier alpha value is -2.13. The zero-order valence-corrected chi connectivity index (χ0v) is 12.5. The van der Waals surface area contributed by atoms with Crippen LogP contribution in [0.4, 0.5) is 5.69 Å². The summed E-state index contributed by atoms with van der Waals surface area (Å²) in [4.78, 5) is 21.9. The first-order valence-electron chi connectivity index (χ1n) is 6.10. The smallest absolute Gasteiger partial charge is 0.322 e. The van der Waals surface area contributed by atoms with Gasteiger partial charge < -0.3 is 10.4 Å². The van der Waals surface area contributed by atoms with Gasteiger partial charge in [0, 0.05) is 24.8 Å². The second-order valence-corrected chi connectivity index (χ2v) is 5.95. The Bertz CT molecular complexity index is 612. The van der Waals surface area contributed by atoms with Gasteiger partial charge in [-0.1, -0.05) is 6.92 Å². The lowest BCUT2D eigenvalue weighted by Crippen LogP contribution is -2.32. The summed E-state index contributed by atoms with van der Waals surface area (Å²) in [7, 11) is -2.17. The Morgan fingerprint density at radius 2 is 1.81 bits per heavy atom. The van der Waals surface area contributed by atoms with E-state index < -0.39 is 28.6 Å². The maximum atomic E-state index is 11.8. The first-order valence-corrected chi connectivity index (χ1v) is 7.54. The number of amides is 1. The summed E-state index contributed by atoms with van der Waals surface area (Å²) >= 11 is 0. The Balaban J connectivity index is 2.75. The monoisotopic (exact) mass is 315 g/mol. The third-order valence-corrected chi connectivity index (χ3v) is 4.22. The van der Waals surface area contributed by atoms with Crippen LogP contribution in [0.5, 0.6) is 0 Å². The summed E-state index contributed by atoms with van der Waals surface area (Å²) < 4.78 is 27.1. The molecule has 0 saturated carbocycles. The van der Waals surface area contributed by atoms with Crippen molar-refractivity contribution >= 4 is 27.8 Å². The SMILES string of the molecule is CCN(C)S(=O)(=O)Nc1ccc(C(=O)NCC(=O)O)cc1. The highest BCUT2D eigenvalue weighted by atomic mass is 32.2. The third kappa shape index (κ3) is 5.04. The molecule has 1 aromatic rings. The van der Waals surface area contributed by atoms with Crippen LogP contribution in [0.25, 0.3) is 0 Å². The molecule has 0 aliphatic carbocycles. The molecule has 0 aliphatic heterocycles. The van der Waals surface area contributed by atoms with Crippen molar-refractivity contribution in [3.05, 3.63) is 29.8 Å². The number of benzene rings is 1. The minimum Gasteiger partial charge on any atom is -0.480 e. The van der Waals surface area contributed by atoms with Gasteiger partial charge in [0.15, 0.2) is 0 Å². The zero-order valence-electron chi connectivity index (χ0n) is 11.7. The molecule has 0 saturated heterocycles. The molecular formula is C12H17N3O5S. The molecule has 1 amide bonds. The van der Waals surface area contributed by atoms with E-state index in [0.717, 1.165) is 4.31 Å². The van der Waals surface area contributed by atoms with Gasteiger partial charge in [-0.05, 0) is 24.3 Å². The van der Waals surface area contributed by atoms with Crippen LogP contribution >= 0.6 is 0 Å². The van der Waals surface area contributed by atoms with Crippen molar-refractivity contribution in [2.45, 2.75) is 6.92 Å². The van der Waals surface area contributed by atoms with Crippen molar-refractivity contribution in [1.29, 1.82) is 0 Å². The van der Waals surface area contributed by atoms with Gasteiger partial charge in [0.2, 0.25) is 0 Å². The first kappa shape index (κ1) is 16.9. The molecule has 0 spiro atoms. The minimum atomic E-state index is -3.61. The number of rotatable bonds is 7. The fraction of sp³-hybridized carbons (Fsp3) is 0.333. The van der Waals surface area contributed by atoms with Crippen molar-refractivity contribution in [2.24, 2.45) is 0 Å². The van der Waals surface area contributed by atoms with Gasteiger partial charge in [0.05, 0.1) is 0 Å². The lowest BCUT2D eigenvalue weighted by molar-refractivity contribution is -0.135. The highest BCUT2D eigenvalue weighted by Crippen LogP contribution is 2.12. The summed E-state index contributed by atoms with van der Waals surface area (Å²) in [5.41, 5.74) is 0.549. The fourth-order valence-electron chi connectivity index (χ4n) is 1.34. The van der Waals surface area contributed by atoms with E-state index >= 15 is 0 Å². The topological polar surface area (TPSA) is 116 Å². The minimum absolute atomic E-state index is 0.239. The van der Waals surface area contributed by atoms with Crippen molar-refractivity contribution in [2.75, 3.05) is 24.9 Å². The molecule has 1 rings (SSSR count). The molecule has 0 radical (unpaired) electrons. The molecule has 0 unspecified atom stereocenters. The van der Waals surface area contributed by atoms with E-state index in [0.29, 0.717) is 12.2 Å². The number of carboxylic acids is 1. The number of carbonyl (C=O) groups excluding carboxylic acids is 1. The number of nitrogens with zero attached hydrogens (tertiary/aromatic N) is 1. The maximum Gasteiger partial charge on any atom is 0.322 e. The summed E-state index contributed by atoms with van der Waals surface area (Å²) in [6.07, 6.45) is 0. The van der Waals surface area contributed by atoms with E-state index in [9.17, 15) is 18.0 Å². The average Bonchev–Trinajstić information content (AvgIpc) is 2.44. The van der Waals surface area contributed by atoms with E-state index in [4.69, 9.17) is 5.11 Å². The zero-order chi connectivity index (χ0) is 16.0. The molecule has 0 atom stereocenters. The molecule has 9 heteroatoms. The molecule has 0 bridgehead atoms. The van der Waals surface area contributed by atoms with Gasteiger partial charge in [-0.25, -0.2) is 0 Å². The van der Waals surface area contributed by atoms with Crippen LogP contribution in [-0.2, 0) is 15.0 Å². The van der Waals surface area contributed by atoms with Crippen LogP contribution in [0.1, 0.15) is 17.3 Å². The molecule has 0 aromatic heterocycles. The molecule has 0 fully saturated rings. The van der Waals surface area contributed by atoms with Crippen LogP contribution in [0.15, 0.2) is 24.3 Å². The van der Waals surface area contributed by atoms with E-state index in [1.807, 2.05) is 0 Å². The lowest BCUT2D eigenvalue weighted by atomic mass is 10.2. The molecule has 21 heavy (non-hydrogen) atoms. The van der Waals surface area contributed by atoms with Gasteiger partial charge in [-0.15, -0.1) is 0 Å². The van der Waals surface area contributed by atoms with Gasteiger partial charge in [-0.2, -0.15) is 12.7 Å². The summed E-state index contributed by atoms with van der Waals surface area (Å²) in [5, 5.41) is 10.7. The number of hydrogen-bond acceptors (Lipinski definition) is 4. The Kier molecular flexibility index (Phi) is 5.68. The number of hydrogen-bond donors (Lipinski definition) is 3. The van der Waals surface area contributed by atoms with Crippen LogP contribution < -0.4 is 10.0 Å². The van der Waals surface area contributed by atoms with Crippen molar-refractivity contribution < 1.29 is 23.1 Å². The fourth-order valence-corrected chi connectivity index (χ4v) is 2.27. The molecule has 8 nitrogen and oxygen atoms in total. The number of anilines is 1. The lowest BCUT2D eigenvalue weighted by Gasteiger charge is -2.16.